The number of nitrogens with zero attached hydrogens (tertiary/aromatic N) is 1. The third-order valence-electron chi connectivity index (χ3n) is 14.2. The Morgan fingerprint density at radius 2 is 1.63 bits per heavy atom. The first-order valence-electron chi connectivity index (χ1n) is 16.5. The van der Waals surface area contributed by atoms with Crippen molar-refractivity contribution in [3.63, 3.8) is 0 Å². The molecule has 6 rings (SSSR count). The monoisotopic (exact) mass is 567 g/mol. The minimum absolute atomic E-state index is 0.0165. The van der Waals surface area contributed by atoms with E-state index in [-0.39, 0.29) is 22.3 Å². The summed E-state index contributed by atoms with van der Waals surface area (Å²) in [4.78, 5) is 17.8. The lowest BCUT2D eigenvalue weighted by Gasteiger charge is -2.69. The van der Waals surface area contributed by atoms with Gasteiger partial charge < -0.3 is 5.11 Å². The molecule has 10 atom stereocenters. The molecule has 3 nitrogen and oxygen atoms in total. The normalized spacial score (nSPS) is 45.1. The topological polar surface area (TPSA) is 49.7 Å². The van der Waals surface area contributed by atoms with Crippen LogP contribution in [0.4, 0.5) is 8.78 Å². The number of carbonyl (C=O) groups is 1. The number of hydrogen-bond donors (Lipinski definition) is 1. The van der Waals surface area contributed by atoms with Crippen LogP contribution in [0.25, 0.3) is 0 Å². The fraction of sp³-hybridized carbons (Fsp3) is 0.778. The molecule has 5 saturated carbocycles. The van der Waals surface area contributed by atoms with E-state index < -0.39 is 23.0 Å². The van der Waals surface area contributed by atoms with Gasteiger partial charge in [-0.2, -0.15) is 0 Å². The smallest absolute Gasteiger partial charge is 0.309 e. The van der Waals surface area contributed by atoms with Gasteiger partial charge in [0.25, 0.3) is 0 Å². The Labute approximate surface area is 246 Å². The van der Waals surface area contributed by atoms with Crippen molar-refractivity contribution in [3.05, 3.63) is 35.4 Å². The minimum atomic E-state index is -0.562. The number of aliphatic carboxylic acids is 1. The molecule has 226 valence electrons. The van der Waals surface area contributed by atoms with E-state index in [0.29, 0.717) is 47.0 Å². The van der Waals surface area contributed by atoms with Crippen molar-refractivity contribution in [2.45, 2.75) is 112 Å². The number of aliphatic imine (C=N–C) groups is 1. The summed E-state index contributed by atoms with van der Waals surface area (Å²) in [7, 11) is 0. The van der Waals surface area contributed by atoms with Crippen molar-refractivity contribution in [2.75, 3.05) is 0 Å². The standard InChI is InChI=1S/C36H51F2NO2/c1-21(2)24-11-17-36(32(40)41)18-12-26-25(31(24)36)9-10-29-34(26,5)15-13-28-33(3,4)30(14-16-35(28,29)6)39-20-22-7-8-23(37)19-27(22)38/h7-8,19-21,24-26,28-31H,9-18H2,1-6H3,(H,40,41)/t24-,25?,26?,28?,29?,30?,31?,34-,35-,36-/m0/s1. The third-order valence-corrected chi connectivity index (χ3v) is 14.2. The van der Waals surface area contributed by atoms with Gasteiger partial charge in [-0.25, -0.2) is 8.78 Å². The maximum Gasteiger partial charge on any atom is 0.309 e. The van der Waals surface area contributed by atoms with Crippen LogP contribution in [0.1, 0.15) is 111 Å². The van der Waals surface area contributed by atoms with E-state index in [4.69, 9.17) is 4.99 Å². The Morgan fingerprint density at radius 3 is 2.32 bits per heavy atom. The largest absolute Gasteiger partial charge is 0.481 e. The molecule has 0 bridgehead atoms. The number of carboxylic acids is 1. The average Bonchev–Trinajstić information content (AvgIpc) is 3.31. The average molecular weight is 568 g/mol. The highest BCUT2D eigenvalue weighted by molar-refractivity contribution is 5.80. The van der Waals surface area contributed by atoms with E-state index in [1.54, 1.807) is 6.21 Å². The molecular weight excluding hydrogens is 516 g/mol. The number of carboxylic acid groups (broad SMARTS) is 1. The van der Waals surface area contributed by atoms with E-state index in [9.17, 15) is 18.7 Å². The number of benzene rings is 1. The maximum absolute atomic E-state index is 14.3. The summed E-state index contributed by atoms with van der Waals surface area (Å²) in [5.74, 6) is 2.10. The summed E-state index contributed by atoms with van der Waals surface area (Å²) >= 11 is 0. The van der Waals surface area contributed by atoms with Crippen LogP contribution in [-0.2, 0) is 4.79 Å². The van der Waals surface area contributed by atoms with Crippen LogP contribution in [0.2, 0.25) is 0 Å². The molecule has 1 N–H and O–H groups in total. The zero-order chi connectivity index (χ0) is 29.5. The quantitative estimate of drug-likeness (QED) is 0.369. The van der Waals surface area contributed by atoms with Gasteiger partial charge in [0, 0.05) is 17.8 Å². The number of rotatable bonds is 4. The van der Waals surface area contributed by atoms with Crippen LogP contribution in [0.15, 0.2) is 23.2 Å². The second-order valence-corrected chi connectivity index (χ2v) is 16.3. The third kappa shape index (κ3) is 4.20. The molecule has 6 unspecified atom stereocenters. The molecule has 0 radical (unpaired) electrons. The molecule has 1 aromatic carbocycles. The fourth-order valence-electron chi connectivity index (χ4n) is 12.5. The second kappa shape index (κ2) is 9.88. The van der Waals surface area contributed by atoms with Gasteiger partial charge in [-0.05, 0) is 134 Å². The van der Waals surface area contributed by atoms with E-state index >= 15 is 0 Å². The van der Waals surface area contributed by atoms with E-state index in [0.717, 1.165) is 44.6 Å². The van der Waals surface area contributed by atoms with E-state index in [2.05, 4.69) is 41.5 Å². The number of halogens is 2. The molecule has 5 fully saturated rings. The minimum Gasteiger partial charge on any atom is -0.481 e. The van der Waals surface area contributed by atoms with Crippen LogP contribution in [0.5, 0.6) is 0 Å². The van der Waals surface area contributed by atoms with Crippen molar-refractivity contribution in [1.82, 2.24) is 0 Å². The highest BCUT2D eigenvalue weighted by Gasteiger charge is 2.68. The van der Waals surface area contributed by atoms with Crippen molar-refractivity contribution in [2.24, 2.45) is 68.1 Å². The molecule has 41 heavy (non-hydrogen) atoms. The molecule has 0 aliphatic heterocycles. The molecule has 0 heterocycles. The first kappa shape index (κ1) is 29.3. The molecule has 5 heteroatoms. The number of fused-ring (bicyclic) bond motifs is 7. The molecule has 0 saturated heterocycles. The molecule has 1 aromatic rings. The van der Waals surface area contributed by atoms with Gasteiger partial charge in [0.1, 0.15) is 11.6 Å². The van der Waals surface area contributed by atoms with Gasteiger partial charge in [0.2, 0.25) is 0 Å². The fourth-order valence-corrected chi connectivity index (χ4v) is 12.5. The molecular formula is C36H51F2NO2. The lowest BCUT2D eigenvalue weighted by Crippen LogP contribution is -2.63. The van der Waals surface area contributed by atoms with Gasteiger partial charge in [-0.3, -0.25) is 9.79 Å². The Hall–Kier alpha value is -1.78. The van der Waals surface area contributed by atoms with Crippen LogP contribution in [0.3, 0.4) is 0 Å². The Balaban J connectivity index is 1.27. The van der Waals surface area contributed by atoms with E-state index in [1.165, 1.54) is 37.8 Å². The first-order chi connectivity index (χ1) is 19.3. The van der Waals surface area contributed by atoms with Gasteiger partial charge in [0.05, 0.1) is 11.5 Å². The molecule has 0 spiro atoms. The zero-order valence-electron chi connectivity index (χ0n) is 26.1. The van der Waals surface area contributed by atoms with Gasteiger partial charge in [0.15, 0.2) is 0 Å². The molecule has 0 aromatic heterocycles. The SMILES string of the molecule is CC(C)[C@@H]1CC[C@]2(C(=O)O)CCC3C(CCC4[C@@]3(C)CCC3C(C)(C)C(N=Cc5ccc(F)cc5F)CC[C@@]34C)C12. The van der Waals surface area contributed by atoms with Gasteiger partial charge in [-0.1, -0.05) is 41.5 Å². The van der Waals surface area contributed by atoms with Crippen LogP contribution >= 0.6 is 0 Å². The van der Waals surface area contributed by atoms with Crippen molar-refractivity contribution in [3.8, 4) is 0 Å². The van der Waals surface area contributed by atoms with Gasteiger partial charge >= 0.3 is 5.97 Å². The Bertz CT molecular complexity index is 1230. The van der Waals surface area contributed by atoms with E-state index in [1.807, 2.05) is 0 Å². The number of hydrogen-bond acceptors (Lipinski definition) is 2. The highest BCUT2D eigenvalue weighted by atomic mass is 19.1. The predicted molar refractivity (Wildman–Crippen MR) is 160 cm³/mol. The van der Waals surface area contributed by atoms with Gasteiger partial charge in [-0.15, -0.1) is 0 Å². The maximum atomic E-state index is 14.3. The van der Waals surface area contributed by atoms with Crippen molar-refractivity contribution < 1.29 is 18.7 Å². The van der Waals surface area contributed by atoms with Crippen molar-refractivity contribution in [1.29, 1.82) is 0 Å². The lowest BCUT2D eigenvalue weighted by atomic mass is 9.36. The lowest BCUT2D eigenvalue weighted by molar-refractivity contribution is -0.206. The predicted octanol–water partition coefficient (Wildman–Crippen LogP) is 9.18. The first-order valence-corrected chi connectivity index (χ1v) is 16.5. The summed E-state index contributed by atoms with van der Waals surface area (Å²) in [6.07, 6.45) is 12.4. The summed E-state index contributed by atoms with van der Waals surface area (Å²) in [6.45, 7) is 14.5. The summed E-state index contributed by atoms with van der Waals surface area (Å²) < 4.78 is 27.8. The van der Waals surface area contributed by atoms with Crippen molar-refractivity contribution >= 4 is 12.2 Å². The Kier molecular flexibility index (Phi) is 7.06. The molecule has 0 amide bonds. The summed E-state index contributed by atoms with van der Waals surface area (Å²) in [6, 6.07) is 3.83. The highest BCUT2D eigenvalue weighted by Crippen LogP contribution is 2.74. The zero-order valence-corrected chi connectivity index (χ0v) is 26.1. The summed E-state index contributed by atoms with van der Waals surface area (Å²) in [5.41, 5.74) is 0.321. The molecule has 5 aliphatic carbocycles. The van der Waals surface area contributed by atoms with Crippen LogP contribution < -0.4 is 0 Å². The molecule has 5 aliphatic rings. The van der Waals surface area contributed by atoms with Crippen LogP contribution in [-0.4, -0.2) is 23.3 Å². The van der Waals surface area contributed by atoms with Crippen LogP contribution in [0, 0.1) is 74.7 Å². The summed E-state index contributed by atoms with van der Waals surface area (Å²) in [5, 5.41) is 10.6. The second-order valence-electron chi connectivity index (χ2n) is 16.3. The Morgan fingerprint density at radius 1 is 0.927 bits per heavy atom.